The van der Waals surface area contributed by atoms with Crippen molar-refractivity contribution in [1.29, 1.82) is 0 Å². The van der Waals surface area contributed by atoms with Gasteiger partial charge in [0.2, 0.25) is 0 Å². The standard InChI is InChI=1S/C20H22N8O/c1-25-13-18(24-19(20(25)29)27-6-4-3-5-7-27)28-17-8-16(15-11-22-26(2)12-15)21-9-14(17)10-23-28/h8-13H,3-7H2,1-2H3. The molecule has 9 nitrogen and oxygen atoms in total. The molecule has 0 radical (unpaired) electrons. The Morgan fingerprint density at radius 1 is 0.966 bits per heavy atom. The zero-order valence-corrected chi connectivity index (χ0v) is 16.5. The van der Waals surface area contributed by atoms with Crippen LogP contribution in [0.15, 0.2) is 41.8 Å². The first-order valence-corrected chi connectivity index (χ1v) is 9.76. The molecule has 1 aliphatic rings. The minimum Gasteiger partial charge on any atom is -0.352 e. The average Bonchev–Trinajstić information content (AvgIpc) is 3.36. The van der Waals surface area contributed by atoms with E-state index in [4.69, 9.17) is 4.98 Å². The summed E-state index contributed by atoms with van der Waals surface area (Å²) in [7, 11) is 3.64. The second kappa shape index (κ2) is 6.84. The number of pyridine rings is 1. The van der Waals surface area contributed by atoms with E-state index in [-0.39, 0.29) is 5.56 Å². The number of aryl methyl sites for hydroxylation is 2. The Hall–Kier alpha value is -3.49. The van der Waals surface area contributed by atoms with Crippen LogP contribution < -0.4 is 10.5 Å². The summed E-state index contributed by atoms with van der Waals surface area (Å²) < 4.78 is 5.10. The van der Waals surface area contributed by atoms with Gasteiger partial charge in [0.1, 0.15) is 0 Å². The monoisotopic (exact) mass is 390 g/mol. The Morgan fingerprint density at radius 3 is 2.55 bits per heavy atom. The molecule has 9 heteroatoms. The van der Waals surface area contributed by atoms with Gasteiger partial charge in [-0.2, -0.15) is 10.2 Å². The lowest BCUT2D eigenvalue weighted by atomic mass is 10.1. The van der Waals surface area contributed by atoms with Crippen LogP contribution in [0, 0.1) is 0 Å². The van der Waals surface area contributed by atoms with Crippen LogP contribution in [0.25, 0.3) is 28.0 Å². The SMILES string of the molecule is Cn1cc(-c2cc3c(cn2)cnn3-c2cn(C)c(=O)c(N3CCCCC3)n2)cn1. The molecule has 0 spiro atoms. The lowest BCUT2D eigenvalue weighted by Crippen LogP contribution is -2.37. The molecule has 0 atom stereocenters. The van der Waals surface area contributed by atoms with Gasteiger partial charge in [-0.25, -0.2) is 9.67 Å². The fourth-order valence-corrected chi connectivity index (χ4v) is 3.80. The molecular formula is C20H22N8O. The summed E-state index contributed by atoms with van der Waals surface area (Å²) in [5, 5.41) is 9.66. The number of rotatable bonds is 3. The summed E-state index contributed by atoms with van der Waals surface area (Å²) in [6.45, 7) is 1.72. The zero-order valence-electron chi connectivity index (χ0n) is 16.5. The topological polar surface area (TPSA) is 86.7 Å². The minimum atomic E-state index is -0.0789. The molecule has 5 rings (SSSR count). The van der Waals surface area contributed by atoms with Crippen molar-refractivity contribution >= 4 is 16.7 Å². The summed E-state index contributed by atoms with van der Waals surface area (Å²) in [6.07, 6.45) is 12.4. The molecule has 5 heterocycles. The third kappa shape index (κ3) is 3.08. The van der Waals surface area contributed by atoms with E-state index in [0.29, 0.717) is 11.6 Å². The molecule has 0 unspecified atom stereocenters. The van der Waals surface area contributed by atoms with Crippen LogP contribution in [0.3, 0.4) is 0 Å². The van der Waals surface area contributed by atoms with E-state index < -0.39 is 0 Å². The van der Waals surface area contributed by atoms with E-state index in [1.54, 1.807) is 45.8 Å². The maximum Gasteiger partial charge on any atom is 0.293 e. The van der Waals surface area contributed by atoms with E-state index in [9.17, 15) is 4.79 Å². The van der Waals surface area contributed by atoms with E-state index >= 15 is 0 Å². The number of anilines is 1. The maximum atomic E-state index is 12.7. The van der Waals surface area contributed by atoms with Crippen molar-refractivity contribution in [3.63, 3.8) is 0 Å². The van der Waals surface area contributed by atoms with E-state index in [1.807, 2.05) is 19.3 Å². The van der Waals surface area contributed by atoms with Gasteiger partial charge in [-0.05, 0) is 25.3 Å². The third-order valence-corrected chi connectivity index (χ3v) is 5.37. The van der Waals surface area contributed by atoms with Crippen LogP contribution in [0.4, 0.5) is 5.82 Å². The second-order valence-corrected chi connectivity index (χ2v) is 7.47. The third-order valence-electron chi connectivity index (χ3n) is 5.37. The summed E-state index contributed by atoms with van der Waals surface area (Å²) >= 11 is 0. The molecule has 0 saturated carbocycles. The molecule has 29 heavy (non-hydrogen) atoms. The van der Waals surface area contributed by atoms with Crippen LogP contribution in [0.2, 0.25) is 0 Å². The van der Waals surface area contributed by atoms with Gasteiger partial charge < -0.3 is 9.47 Å². The molecule has 0 aliphatic carbocycles. The molecular weight excluding hydrogens is 368 g/mol. The molecule has 1 fully saturated rings. The second-order valence-electron chi connectivity index (χ2n) is 7.47. The molecule has 4 aromatic rings. The molecule has 0 N–H and O–H groups in total. The molecule has 1 saturated heterocycles. The van der Waals surface area contributed by atoms with Gasteiger partial charge in [0, 0.05) is 50.5 Å². The van der Waals surface area contributed by atoms with Gasteiger partial charge in [0.05, 0.1) is 29.8 Å². The number of hydrogen-bond donors (Lipinski definition) is 0. The normalized spacial score (nSPS) is 14.6. The molecule has 1 aliphatic heterocycles. The lowest BCUT2D eigenvalue weighted by Gasteiger charge is -2.27. The molecule has 0 aromatic carbocycles. The number of nitrogens with zero attached hydrogens (tertiary/aromatic N) is 8. The van der Waals surface area contributed by atoms with Gasteiger partial charge in [-0.15, -0.1) is 0 Å². The predicted octanol–water partition coefficient (Wildman–Crippen LogP) is 1.90. The van der Waals surface area contributed by atoms with Gasteiger partial charge in [-0.3, -0.25) is 14.5 Å². The first kappa shape index (κ1) is 17.6. The fourth-order valence-electron chi connectivity index (χ4n) is 3.80. The van der Waals surface area contributed by atoms with Crippen molar-refractivity contribution < 1.29 is 0 Å². The first-order valence-electron chi connectivity index (χ1n) is 9.76. The van der Waals surface area contributed by atoms with Crippen LogP contribution in [-0.4, -0.2) is 47.2 Å². The summed E-state index contributed by atoms with van der Waals surface area (Å²) in [4.78, 5) is 24.0. The number of aromatic nitrogens is 7. The Bertz CT molecular complexity index is 1250. The van der Waals surface area contributed by atoms with Gasteiger partial charge in [0.25, 0.3) is 5.56 Å². The number of piperidine rings is 1. The quantitative estimate of drug-likeness (QED) is 0.531. The Balaban J connectivity index is 1.63. The van der Waals surface area contributed by atoms with Gasteiger partial charge in [0.15, 0.2) is 11.6 Å². The molecule has 0 bridgehead atoms. The lowest BCUT2D eigenvalue weighted by molar-refractivity contribution is 0.568. The van der Waals surface area contributed by atoms with E-state index in [1.165, 1.54) is 6.42 Å². The largest absolute Gasteiger partial charge is 0.352 e. The summed E-state index contributed by atoms with van der Waals surface area (Å²) in [6, 6.07) is 1.98. The van der Waals surface area contributed by atoms with Crippen molar-refractivity contribution in [2.75, 3.05) is 18.0 Å². The molecule has 4 aromatic heterocycles. The summed E-state index contributed by atoms with van der Waals surface area (Å²) in [5.41, 5.74) is 2.55. The van der Waals surface area contributed by atoms with Crippen LogP contribution >= 0.6 is 0 Å². The van der Waals surface area contributed by atoms with Crippen LogP contribution in [0.1, 0.15) is 19.3 Å². The van der Waals surface area contributed by atoms with E-state index in [2.05, 4.69) is 20.1 Å². The zero-order chi connectivity index (χ0) is 20.0. The first-order chi connectivity index (χ1) is 14.1. The minimum absolute atomic E-state index is 0.0789. The van der Waals surface area contributed by atoms with Crippen molar-refractivity contribution in [1.82, 2.24) is 34.1 Å². The van der Waals surface area contributed by atoms with E-state index in [0.717, 1.165) is 48.1 Å². The number of hydrogen-bond acceptors (Lipinski definition) is 6. The highest BCUT2D eigenvalue weighted by Gasteiger charge is 2.19. The van der Waals surface area contributed by atoms with Gasteiger partial charge in [-0.1, -0.05) is 0 Å². The Labute approximate surface area is 167 Å². The highest BCUT2D eigenvalue weighted by atomic mass is 16.1. The van der Waals surface area contributed by atoms with Crippen LogP contribution in [0.5, 0.6) is 0 Å². The molecule has 0 amide bonds. The fraction of sp³-hybridized carbons (Fsp3) is 0.350. The maximum absolute atomic E-state index is 12.7. The molecule has 148 valence electrons. The van der Waals surface area contributed by atoms with Crippen molar-refractivity contribution in [2.24, 2.45) is 14.1 Å². The summed E-state index contributed by atoms with van der Waals surface area (Å²) in [5.74, 6) is 1.11. The van der Waals surface area contributed by atoms with Crippen molar-refractivity contribution in [2.45, 2.75) is 19.3 Å². The Morgan fingerprint density at radius 2 is 1.79 bits per heavy atom. The van der Waals surface area contributed by atoms with Gasteiger partial charge >= 0.3 is 0 Å². The predicted molar refractivity (Wildman–Crippen MR) is 110 cm³/mol. The number of fused-ring (bicyclic) bond motifs is 1. The van der Waals surface area contributed by atoms with Crippen molar-refractivity contribution in [3.05, 3.63) is 47.4 Å². The highest BCUT2D eigenvalue weighted by Crippen LogP contribution is 2.23. The average molecular weight is 390 g/mol. The van der Waals surface area contributed by atoms with Crippen molar-refractivity contribution in [3.8, 4) is 17.1 Å². The van der Waals surface area contributed by atoms with Crippen LogP contribution in [-0.2, 0) is 14.1 Å². The highest BCUT2D eigenvalue weighted by molar-refractivity contribution is 5.82. The Kier molecular flexibility index (Phi) is 4.15. The smallest absolute Gasteiger partial charge is 0.293 e.